The van der Waals surface area contributed by atoms with E-state index >= 15 is 0 Å². The fourth-order valence-electron chi connectivity index (χ4n) is 3.15. The lowest BCUT2D eigenvalue weighted by molar-refractivity contribution is -0.132. The summed E-state index contributed by atoms with van der Waals surface area (Å²) >= 11 is 0. The molecule has 1 fully saturated rings. The molecular formula is C18H25N5O. The van der Waals surface area contributed by atoms with Gasteiger partial charge in [0.15, 0.2) is 5.82 Å². The van der Waals surface area contributed by atoms with Crippen LogP contribution in [0.5, 0.6) is 0 Å². The summed E-state index contributed by atoms with van der Waals surface area (Å²) in [5, 5.41) is 10.7. The molecule has 1 aliphatic rings. The normalized spacial score (nSPS) is 15.3. The molecule has 1 amide bonds. The fraction of sp³-hybridized carbons (Fsp3) is 0.500. The molecule has 6 nitrogen and oxygen atoms in total. The smallest absolute Gasteiger partial charge is 0.236 e. The number of nitrogens with zero attached hydrogens (tertiary/aromatic N) is 5. The zero-order valence-corrected chi connectivity index (χ0v) is 14.5. The van der Waals surface area contributed by atoms with Gasteiger partial charge in [0.1, 0.15) is 0 Å². The van der Waals surface area contributed by atoms with Crippen LogP contribution in [0.2, 0.25) is 0 Å². The molecule has 3 rings (SSSR count). The summed E-state index contributed by atoms with van der Waals surface area (Å²) in [5.41, 5.74) is 0. The predicted molar refractivity (Wildman–Crippen MR) is 96.1 cm³/mol. The monoisotopic (exact) mass is 327 g/mol. The Morgan fingerprint density at radius 2 is 1.83 bits per heavy atom. The summed E-state index contributed by atoms with van der Waals surface area (Å²) in [7, 11) is 0. The van der Waals surface area contributed by atoms with Crippen LogP contribution in [0.15, 0.2) is 30.5 Å². The molecule has 1 aromatic heterocycles. The Morgan fingerprint density at radius 1 is 1.12 bits per heavy atom. The van der Waals surface area contributed by atoms with Crippen molar-refractivity contribution >= 4 is 22.5 Å². The molecule has 1 aromatic carbocycles. The molecule has 0 saturated carbocycles. The highest BCUT2D eigenvalue weighted by molar-refractivity contribution is 5.91. The number of likely N-dealkylation sites (N-methyl/N-ethyl adjacent to an activating group) is 1. The van der Waals surface area contributed by atoms with Gasteiger partial charge >= 0.3 is 0 Å². The van der Waals surface area contributed by atoms with E-state index in [9.17, 15) is 4.79 Å². The first-order chi connectivity index (χ1) is 11.7. The molecule has 2 heterocycles. The van der Waals surface area contributed by atoms with Gasteiger partial charge in [-0.1, -0.05) is 38.1 Å². The highest BCUT2D eigenvalue weighted by Gasteiger charge is 2.23. The number of carbonyl (C=O) groups is 1. The van der Waals surface area contributed by atoms with E-state index in [-0.39, 0.29) is 5.91 Å². The minimum atomic E-state index is 0.224. The lowest BCUT2D eigenvalue weighted by atomic mass is 10.1. The third-order valence-corrected chi connectivity index (χ3v) is 4.74. The fourth-order valence-corrected chi connectivity index (χ4v) is 3.15. The van der Waals surface area contributed by atoms with Crippen LogP contribution in [0.4, 0.5) is 5.82 Å². The van der Waals surface area contributed by atoms with Gasteiger partial charge in [-0.2, -0.15) is 5.10 Å². The number of rotatable bonds is 5. The quantitative estimate of drug-likeness (QED) is 0.835. The van der Waals surface area contributed by atoms with Crippen LogP contribution in [-0.4, -0.2) is 71.7 Å². The van der Waals surface area contributed by atoms with E-state index in [2.05, 4.69) is 46.0 Å². The number of amides is 1. The first-order valence-electron chi connectivity index (χ1n) is 8.68. The lowest BCUT2D eigenvalue weighted by Crippen LogP contribution is -2.51. The summed E-state index contributed by atoms with van der Waals surface area (Å²) in [6.07, 6.45) is 1.79. The van der Waals surface area contributed by atoms with Crippen LogP contribution < -0.4 is 4.90 Å². The maximum absolute atomic E-state index is 12.4. The van der Waals surface area contributed by atoms with Gasteiger partial charge < -0.3 is 9.80 Å². The summed E-state index contributed by atoms with van der Waals surface area (Å²) in [5.74, 6) is 1.14. The van der Waals surface area contributed by atoms with Crippen LogP contribution in [0.1, 0.15) is 13.8 Å². The first-order valence-corrected chi connectivity index (χ1v) is 8.68. The van der Waals surface area contributed by atoms with Crippen molar-refractivity contribution in [2.75, 3.05) is 50.7 Å². The first kappa shape index (κ1) is 16.6. The minimum Gasteiger partial charge on any atom is -0.351 e. The van der Waals surface area contributed by atoms with Gasteiger partial charge in [0.25, 0.3) is 0 Å². The number of fused-ring (bicyclic) bond motifs is 1. The van der Waals surface area contributed by atoms with E-state index in [1.54, 1.807) is 6.20 Å². The zero-order chi connectivity index (χ0) is 16.9. The van der Waals surface area contributed by atoms with Gasteiger partial charge in [0, 0.05) is 37.0 Å². The molecular weight excluding hydrogens is 302 g/mol. The highest BCUT2D eigenvalue weighted by Crippen LogP contribution is 2.24. The third kappa shape index (κ3) is 3.48. The van der Waals surface area contributed by atoms with Gasteiger partial charge in [0.2, 0.25) is 5.91 Å². The molecule has 6 heteroatoms. The number of hydrogen-bond acceptors (Lipinski definition) is 5. The Bertz CT molecular complexity index is 687. The lowest BCUT2D eigenvalue weighted by Gasteiger charge is -2.36. The molecule has 0 unspecified atom stereocenters. The van der Waals surface area contributed by atoms with Crippen molar-refractivity contribution in [2.45, 2.75) is 13.8 Å². The van der Waals surface area contributed by atoms with Crippen molar-refractivity contribution in [3.63, 3.8) is 0 Å². The number of piperazine rings is 1. The summed E-state index contributed by atoms with van der Waals surface area (Å²) < 4.78 is 0. The molecule has 128 valence electrons. The van der Waals surface area contributed by atoms with Crippen molar-refractivity contribution in [1.29, 1.82) is 0 Å². The molecule has 0 aliphatic carbocycles. The van der Waals surface area contributed by atoms with Crippen molar-refractivity contribution in [3.8, 4) is 0 Å². The largest absolute Gasteiger partial charge is 0.351 e. The average Bonchev–Trinajstić information content (AvgIpc) is 2.65. The zero-order valence-electron chi connectivity index (χ0n) is 14.5. The Morgan fingerprint density at radius 3 is 2.54 bits per heavy atom. The van der Waals surface area contributed by atoms with Crippen molar-refractivity contribution < 1.29 is 4.79 Å². The predicted octanol–water partition coefficient (Wildman–Crippen LogP) is 1.62. The second-order valence-corrected chi connectivity index (χ2v) is 6.08. The number of anilines is 1. The Balaban J connectivity index is 1.65. The molecule has 24 heavy (non-hydrogen) atoms. The van der Waals surface area contributed by atoms with Gasteiger partial charge in [-0.3, -0.25) is 9.69 Å². The minimum absolute atomic E-state index is 0.224. The molecule has 0 bridgehead atoms. The van der Waals surface area contributed by atoms with Gasteiger partial charge in [0.05, 0.1) is 12.7 Å². The van der Waals surface area contributed by atoms with E-state index in [0.717, 1.165) is 55.9 Å². The van der Waals surface area contributed by atoms with Crippen LogP contribution in [-0.2, 0) is 4.79 Å². The van der Waals surface area contributed by atoms with E-state index < -0.39 is 0 Å². The molecule has 2 aromatic rings. The topological polar surface area (TPSA) is 52.6 Å². The molecule has 0 atom stereocenters. The number of aromatic nitrogens is 2. The summed E-state index contributed by atoms with van der Waals surface area (Å²) in [6, 6.07) is 8.17. The van der Waals surface area contributed by atoms with Gasteiger partial charge in [-0.25, -0.2) is 0 Å². The number of carbonyl (C=O) groups excluding carboxylic acids is 1. The maximum atomic E-state index is 12.4. The highest BCUT2D eigenvalue weighted by atomic mass is 16.2. The average molecular weight is 327 g/mol. The van der Waals surface area contributed by atoms with Crippen LogP contribution in [0.25, 0.3) is 10.8 Å². The van der Waals surface area contributed by atoms with Crippen molar-refractivity contribution in [1.82, 2.24) is 20.0 Å². The van der Waals surface area contributed by atoms with Gasteiger partial charge in [-0.05, 0) is 13.1 Å². The second-order valence-electron chi connectivity index (χ2n) is 6.08. The van der Waals surface area contributed by atoms with Crippen LogP contribution in [0.3, 0.4) is 0 Å². The molecule has 1 saturated heterocycles. The Labute approximate surface area is 143 Å². The van der Waals surface area contributed by atoms with Gasteiger partial charge in [-0.15, -0.1) is 5.10 Å². The maximum Gasteiger partial charge on any atom is 0.236 e. The van der Waals surface area contributed by atoms with Crippen LogP contribution in [0, 0.1) is 0 Å². The SMILES string of the molecule is CCN(CC)CC(=O)N1CCN(c2nncc3ccccc23)CC1. The van der Waals surface area contributed by atoms with Crippen molar-refractivity contribution in [2.24, 2.45) is 0 Å². The van der Waals surface area contributed by atoms with E-state index in [0.29, 0.717) is 6.54 Å². The Kier molecular flexibility index (Phi) is 5.25. The van der Waals surface area contributed by atoms with E-state index in [1.807, 2.05) is 17.0 Å². The molecule has 0 N–H and O–H groups in total. The molecule has 0 spiro atoms. The Hall–Kier alpha value is -2.21. The molecule has 0 radical (unpaired) electrons. The summed E-state index contributed by atoms with van der Waals surface area (Å²) in [4.78, 5) is 18.8. The van der Waals surface area contributed by atoms with Crippen LogP contribution >= 0.6 is 0 Å². The van der Waals surface area contributed by atoms with E-state index in [4.69, 9.17) is 0 Å². The second kappa shape index (κ2) is 7.57. The van der Waals surface area contributed by atoms with E-state index in [1.165, 1.54) is 0 Å². The standard InChI is InChI=1S/C18H25N5O/c1-3-21(4-2)14-17(24)22-9-11-23(12-10-22)18-16-8-6-5-7-15(16)13-19-20-18/h5-8,13H,3-4,9-12,14H2,1-2H3. The number of hydrogen-bond donors (Lipinski definition) is 0. The number of benzene rings is 1. The van der Waals surface area contributed by atoms with Crippen molar-refractivity contribution in [3.05, 3.63) is 30.5 Å². The third-order valence-electron chi connectivity index (χ3n) is 4.74. The molecule has 1 aliphatic heterocycles. The summed E-state index contributed by atoms with van der Waals surface area (Å²) in [6.45, 7) is 9.60.